The van der Waals surface area contributed by atoms with Gasteiger partial charge in [0.05, 0.1) is 19.6 Å². The number of quaternary nitrogens is 1. The van der Waals surface area contributed by atoms with Crippen LogP contribution in [0.5, 0.6) is 11.5 Å². The van der Waals surface area contributed by atoms with Crippen LogP contribution in [0.4, 0.5) is 0 Å². The first-order valence-corrected chi connectivity index (χ1v) is 10.6. The summed E-state index contributed by atoms with van der Waals surface area (Å²) in [6.45, 7) is 0.491. The molecule has 2 heterocycles. The van der Waals surface area contributed by atoms with Crippen LogP contribution in [0.2, 0.25) is 0 Å². The average Bonchev–Trinajstić information content (AvgIpc) is 2.77. The first-order chi connectivity index (χ1) is 15.1. The summed E-state index contributed by atoms with van der Waals surface area (Å²) in [6, 6.07) is 8.61. The molecule has 2 aliphatic heterocycles. The number of aliphatic hydroxyl groups excluding tert-OH is 3. The van der Waals surface area contributed by atoms with E-state index in [2.05, 4.69) is 0 Å². The Labute approximate surface area is 183 Å². The van der Waals surface area contributed by atoms with E-state index in [0.29, 0.717) is 24.9 Å². The first kappa shape index (κ1) is 21.2. The molecule has 0 spiro atoms. The zero-order valence-corrected chi connectivity index (χ0v) is 17.4. The number of ether oxygens (including phenoxy) is 1. The van der Waals surface area contributed by atoms with Gasteiger partial charge in [-0.3, -0.25) is 4.48 Å². The second kappa shape index (κ2) is 7.16. The highest BCUT2D eigenvalue weighted by Gasteiger charge is 2.57. The zero-order chi connectivity index (χ0) is 22.9. The van der Waals surface area contributed by atoms with Crippen LogP contribution in [0, 0.1) is 0 Å². The van der Waals surface area contributed by atoms with Crippen molar-refractivity contribution in [3.8, 4) is 22.6 Å². The van der Waals surface area contributed by atoms with Crippen molar-refractivity contribution in [2.45, 2.75) is 49.5 Å². The highest BCUT2D eigenvalue weighted by molar-refractivity contribution is 5.82. The molecule has 32 heavy (non-hydrogen) atoms. The topological polar surface area (TPSA) is 151 Å². The van der Waals surface area contributed by atoms with Crippen molar-refractivity contribution in [1.82, 2.24) is 0 Å². The second-order valence-electron chi connectivity index (χ2n) is 9.12. The van der Waals surface area contributed by atoms with E-state index in [-0.39, 0.29) is 22.0 Å². The van der Waals surface area contributed by atoms with Gasteiger partial charge >= 0.3 is 0 Å². The Morgan fingerprint density at radius 3 is 2.53 bits per heavy atom. The van der Waals surface area contributed by atoms with Crippen molar-refractivity contribution in [3.05, 3.63) is 47.0 Å². The average molecular weight is 443 g/mol. The number of hydrogen-bond acceptors (Lipinski definition) is 8. The van der Waals surface area contributed by atoms with Crippen LogP contribution in [0.25, 0.3) is 11.1 Å². The van der Waals surface area contributed by atoms with E-state index < -0.39 is 36.6 Å². The van der Waals surface area contributed by atoms with Crippen LogP contribution >= 0.6 is 0 Å². The quantitative estimate of drug-likeness (QED) is 0.291. The van der Waals surface area contributed by atoms with E-state index in [9.17, 15) is 35.4 Å². The molecule has 5 N–H and O–H groups in total. The number of carboxylic acids is 1. The lowest BCUT2D eigenvalue weighted by molar-refractivity contribution is -0.990. The fraction of sp³-hybridized carbons (Fsp3) is 0.435. The smallest absolute Gasteiger partial charge is 0.223 e. The maximum Gasteiger partial charge on any atom is 0.223 e. The molecule has 3 aliphatic rings. The van der Waals surface area contributed by atoms with Gasteiger partial charge in [0.1, 0.15) is 24.4 Å². The lowest BCUT2D eigenvalue weighted by Gasteiger charge is -2.55. The Morgan fingerprint density at radius 1 is 1.06 bits per heavy atom. The monoisotopic (exact) mass is 443 g/mol. The van der Waals surface area contributed by atoms with Crippen LogP contribution in [0.15, 0.2) is 30.3 Å². The van der Waals surface area contributed by atoms with Gasteiger partial charge in [-0.15, -0.1) is 0 Å². The molecule has 9 nitrogen and oxygen atoms in total. The van der Waals surface area contributed by atoms with Gasteiger partial charge in [-0.25, -0.2) is 0 Å². The molecule has 0 aromatic heterocycles. The number of carbonyl (C=O) groups excluding carboxylic acids is 1. The molecule has 5 rings (SSSR count). The van der Waals surface area contributed by atoms with E-state index in [0.717, 1.165) is 22.3 Å². The third kappa shape index (κ3) is 2.79. The molecular formula is C23H25NO8. The lowest BCUT2D eigenvalue weighted by Crippen LogP contribution is -2.72. The molecule has 2 aromatic carbocycles. The Balaban J connectivity index is 1.65. The molecule has 0 amide bonds. The normalized spacial score (nSPS) is 35.6. The van der Waals surface area contributed by atoms with Gasteiger partial charge in [-0.1, -0.05) is 24.3 Å². The molecule has 0 radical (unpaired) electrons. The van der Waals surface area contributed by atoms with Gasteiger partial charge in [0, 0.05) is 24.0 Å². The molecule has 1 saturated heterocycles. The van der Waals surface area contributed by atoms with Crippen LogP contribution < -0.4 is 5.11 Å². The predicted octanol–water partition coefficient (Wildman–Crippen LogP) is -1.08. The van der Waals surface area contributed by atoms with E-state index in [1.807, 2.05) is 25.2 Å². The van der Waals surface area contributed by atoms with E-state index >= 15 is 0 Å². The van der Waals surface area contributed by atoms with Crippen molar-refractivity contribution in [2.75, 3.05) is 13.6 Å². The molecule has 0 bridgehead atoms. The highest BCUT2D eigenvalue weighted by atomic mass is 16.6. The zero-order valence-electron chi connectivity index (χ0n) is 17.4. The Bertz CT molecular complexity index is 1100. The molecule has 1 fully saturated rings. The van der Waals surface area contributed by atoms with Gasteiger partial charge in [0.2, 0.25) is 6.23 Å². The summed E-state index contributed by atoms with van der Waals surface area (Å²) in [6.07, 6.45) is -6.92. The fourth-order valence-corrected chi connectivity index (χ4v) is 5.71. The first-order valence-electron chi connectivity index (χ1n) is 10.6. The largest absolute Gasteiger partial charge is 0.547 e. The van der Waals surface area contributed by atoms with E-state index in [4.69, 9.17) is 4.74 Å². The summed E-state index contributed by atoms with van der Waals surface area (Å²) in [7, 11) is 1.83. The number of aliphatic hydroxyl groups is 3. The number of hydrogen-bond donors (Lipinski definition) is 5. The Kier molecular flexibility index (Phi) is 4.74. The van der Waals surface area contributed by atoms with E-state index in [1.165, 1.54) is 6.07 Å². The molecule has 0 saturated carbocycles. The summed E-state index contributed by atoms with van der Waals surface area (Å²) in [4.78, 5) is 11.6. The number of nitrogens with zero attached hydrogens (tertiary/aromatic N) is 1. The van der Waals surface area contributed by atoms with Crippen LogP contribution in [-0.2, 0) is 22.4 Å². The SMILES string of the molecule is C[N+]1(C2O[C@@H](C(=O)[O-])[C@H](O)[C@@H](O)[C@@H]2O)CCc2cccc3c2[C@H]1Cc1ccc(O)c(O)c1-3. The summed E-state index contributed by atoms with van der Waals surface area (Å²) >= 11 is 0. The van der Waals surface area contributed by atoms with Gasteiger partial charge in [-0.05, 0) is 22.8 Å². The Hall–Kier alpha value is -2.69. The number of rotatable bonds is 2. The summed E-state index contributed by atoms with van der Waals surface area (Å²) in [5.74, 6) is -2.07. The maximum absolute atomic E-state index is 11.6. The molecule has 1 aliphatic carbocycles. The lowest BCUT2D eigenvalue weighted by atomic mass is 9.75. The van der Waals surface area contributed by atoms with Crippen LogP contribution in [-0.4, -0.2) is 80.2 Å². The van der Waals surface area contributed by atoms with Crippen molar-refractivity contribution in [2.24, 2.45) is 0 Å². The number of aliphatic carboxylic acids is 1. The molecular weight excluding hydrogens is 418 g/mol. The van der Waals surface area contributed by atoms with Crippen molar-refractivity contribution in [1.29, 1.82) is 0 Å². The minimum atomic E-state index is -1.81. The summed E-state index contributed by atoms with van der Waals surface area (Å²) < 4.78 is 5.76. The highest BCUT2D eigenvalue weighted by Crippen LogP contribution is 2.53. The predicted molar refractivity (Wildman–Crippen MR) is 108 cm³/mol. The number of phenols is 2. The number of benzene rings is 2. The maximum atomic E-state index is 11.6. The van der Waals surface area contributed by atoms with Crippen molar-refractivity contribution in [3.63, 3.8) is 0 Å². The number of carboxylic acid groups (broad SMARTS) is 1. The van der Waals surface area contributed by atoms with Gasteiger partial charge in [0.15, 0.2) is 17.6 Å². The van der Waals surface area contributed by atoms with Crippen molar-refractivity contribution < 1.29 is 44.7 Å². The van der Waals surface area contributed by atoms with Crippen LogP contribution in [0.3, 0.4) is 0 Å². The number of phenolic OH excluding ortho intramolecular Hbond substituents is 2. The van der Waals surface area contributed by atoms with Gasteiger partial charge in [-0.2, -0.15) is 0 Å². The number of carbonyl (C=O) groups is 1. The van der Waals surface area contributed by atoms with Gasteiger partial charge in [0.25, 0.3) is 0 Å². The number of likely N-dealkylation sites (N-methyl/N-ethyl adjacent to an activating group) is 1. The third-order valence-electron chi connectivity index (χ3n) is 7.43. The number of fused-ring (bicyclic) bond motifs is 2. The molecule has 9 heteroatoms. The minimum Gasteiger partial charge on any atom is -0.547 e. The minimum absolute atomic E-state index is 0.0693. The van der Waals surface area contributed by atoms with Crippen molar-refractivity contribution >= 4 is 5.97 Å². The molecule has 170 valence electrons. The number of aromatic hydroxyl groups is 2. The summed E-state index contributed by atoms with van der Waals surface area (Å²) in [5, 5.41) is 63.5. The summed E-state index contributed by atoms with van der Waals surface area (Å²) in [5.41, 5.74) is 4.09. The van der Waals surface area contributed by atoms with Gasteiger partial charge < -0.3 is 40.2 Å². The molecule has 2 aromatic rings. The second-order valence-corrected chi connectivity index (χ2v) is 9.12. The third-order valence-corrected chi connectivity index (χ3v) is 7.43. The Morgan fingerprint density at radius 2 is 1.81 bits per heavy atom. The van der Waals surface area contributed by atoms with Crippen LogP contribution in [0.1, 0.15) is 22.7 Å². The standard InChI is InChI=1S/C23H25NO8/c1-24(22-20(29)18(27)19(28)21(32-22)23(30)31)8-7-10-3-2-4-12-15(10)13(24)9-11-5-6-14(25)17(26)16(11)12/h2-6,13,18-22,27-29H,7-9H2,1H3,(H2-,25,26,30,31)/t13-,18-,19-,20+,21-,22?,24?/m1/s1. The van der Waals surface area contributed by atoms with E-state index in [1.54, 1.807) is 6.07 Å². The molecule has 7 atom stereocenters. The molecule has 2 unspecified atom stereocenters. The fourth-order valence-electron chi connectivity index (χ4n) is 5.71.